The normalized spacial score (nSPS) is 10.9. The minimum atomic E-state index is -0.317. The molecule has 0 aliphatic heterocycles. The Morgan fingerprint density at radius 3 is 2.38 bits per heavy atom. The summed E-state index contributed by atoms with van der Waals surface area (Å²) in [6.07, 6.45) is 3.50. The Hall–Kier alpha value is -2.10. The number of likely N-dealkylation sites (N-methyl/N-ethyl adjacent to an activating group) is 1. The van der Waals surface area contributed by atoms with Crippen LogP contribution in [0.3, 0.4) is 0 Å². The zero-order valence-corrected chi connectivity index (χ0v) is 13.1. The summed E-state index contributed by atoms with van der Waals surface area (Å²) in [7, 11) is 3.00. The van der Waals surface area contributed by atoms with E-state index < -0.39 is 0 Å². The molecule has 0 aliphatic carbocycles. The predicted octanol–water partition coefficient (Wildman–Crippen LogP) is 2.84. The molecule has 1 rings (SSSR count). The fraction of sp³-hybridized carbons (Fsp3) is 0.412. The van der Waals surface area contributed by atoms with Crippen molar-refractivity contribution in [3.05, 3.63) is 41.5 Å². The number of esters is 1. The maximum atomic E-state index is 11.9. The van der Waals surface area contributed by atoms with Gasteiger partial charge in [-0.15, -0.1) is 0 Å². The van der Waals surface area contributed by atoms with E-state index in [0.29, 0.717) is 12.5 Å². The second-order valence-corrected chi connectivity index (χ2v) is 5.24. The maximum Gasteiger partial charge on any atom is 0.307 e. The van der Waals surface area contributed by atoms with Gasteiger partial charge in [0.25, 0.3) is 0 Å². The molecule has 0 N–H and O–H groups in total. The average Bonchev–Trinajstić information content (AvgIpc) is 2.50. The van der Waals surface area contributed by atoms with Crippen molar-refractivity contribution in [1.29, 1.82) is 0 Å². The van der Waals surface area contributed by atoms with E-state index in [-0.39, 0.29) is 18.3 Å². The van der Waals surface area contributed by atoms with Crippen molar-refractivity contribution in [2.75, 3.05) is 20.7 Å². The van der Waals surface area contributed by atoms with E-state index in [4.69, 9.17) is 0 Å². The Morgan fingerprint density at radius 1 is 1.24 bits per heavy atom. The maximum absolute atomic E-state index is 11.9. The standard InChI is InChI=1S/C17H23NO3/c1-13(2)15-8-5-14(6-9-15)7-10-16(19)18(3)12-11-17(20)21-4/h5-10,13H,11-12H2,1-4H3. The van der Waals surface area contributed by atoms with Crippen LogP contribution in [0.2, 0.25) is 0 Å². The zero-order valence-electron chi connectivity index (χ0n) is 13.1. The monoisotopic (exact) mass is 289 g/mol. The number of methoxy groups -OCH3 is 1. The molecule has 0 radical (unpaired) electrons. The summed E-state index contributed by atoms with van der Waals surface area (Å²) in [6.45, 7) is 4.64. The molecule has 0 unspecified atom stereocenters. The molecule has 0 spiro atoms. The molecule has 114 valence electrons. The lowest BCUT2D eigenvalue weighted by Crippen LogP contribution is -2.27. The highest BCUT2D eigenvalue weighted by Gasteiger charge is 2.08. The molecule has 1 amide bonds. The number of rotatable bonds is 6. The molecule has 0 aliphatic rings. The van der Waals surface area contributed by atoms with E-state index in [1.807, 2.05) is 12.1 Å². The van der Waals surface area contributed by atoms with Crippen molar-refractivity contribution in [3.8, 4) is 0 Å². The number of hydrogen-bond donors (Lipinski definition) is 0. The van der Waals surface area contributed by atoms with Gasteiger partial charge in [-0.2, -0.15) is 0 Å². The van der Waals surface area contributed by atoms with E-state index >= 15 is 0 Å². The summed E-state index contributed by atoms with van der Waals surface area (Å²) >= 11 is 0. The molecule has 4 heteroatoms. The Balaban J connectivity index is 2.54. The number of nitrogens with zero attached hydrogens (tertiary/aromatic N) is 1. The predicted molar refractivity (Wildman–Crippen MR) is 83.8 cm³/mol. The van der Waals surface area contributed by atoms with E-state index in [9.17, 15) is 9.59 Å². The van der Waals surface area contributed by atoms with Gasteiger partial charge in [0.05, 0.1) is 13.5 Å². The quantitative estimate of drug-likeness (QED) is 0.597. The number of ether oxygens (including phenoxy) is 1. The van der Waals surface area contributed by atoms with E-state index in [0.717, 1.165) is 5.56 Å². The zero-order chi connectivity index (χ0) is 15.8. The first kappa shape index (κ1) is 17.0. The third-order valence-electron chi connectivity index (χ3n) is 3.28. The first-order valence-electron chi connectivity index (χ1n) is 7.04. The first-order chi connectivity index (χ1) is 9.93. The lowest BCUT2D eigenvalue weighted by atomic mass is 10.0. The van der Waals surface area contributed by atoms with E-state index in [1.165, 1.54) is 23.6 Å². The Bertz CT molecular complexity index is 503. The molecule has 1 aromatic carbocycles. The highest BCUT2D eigenvalue weighted by atomic mass is 16.5. The van der Waals surface area contributed by atoms with Gasteiger partial charge in [0.15, 0.2) is 0 Å². The van der Waals surface area contributed by atoms with Crippen molar-refractivity contribution in [2.24, 2.45) is 0 Å². The minimum Gasteiger partial charge on any atom is -0.469 e. The van der Waals surface area contributed by atoms with Crippen molar-refractivity contribution in [1.82, 2.24) is 4.90 Å². The van der Waals surface area contributed by atoms with Gasteiger partial charge in [-0.3, -0.25) is 9.59 Å². The molecule has 0 saturated carbocycles. The van der Waals surface area contributed by atoms with Crippen LogP contribution < -0.4 is 0 Å². The molecule has 0 bridgehead atoms. The Labute approximate surface area is 126 Å². The second-order valence-electron chi connectivity index (χ2n) is 5.24. The van der Waals surface area contributed by atoms with Crippen molar-refractivity contribution in [3.63, 3.8) is 0 Å². The van der Waals surface area contributed by atoms with Crippen LogP contribution in [-0.4, -0.2) is 37.5 Å². The van der Waals surface area contributed by atoms with Crippen LogP contribution in [-0.2, 0) is 14.3 Å². The Kier molecular flexibility index (Phi) is 6.66. The smallest absolute Gasteiger partial charge is 0.307 e. The van der Waals surface area contributed by atoms with E-state index in [1.54, 1.807) is 13.1 Å². The largest absolute Gasteiger partial charge is 0.469 e. The summed E-state index contributed by atoms with van der Waals surface area (Å²) < 4.78 is 4.55. The SMILES string of the molecule is COC(=O)CCN(C)C(=O)C=Cc1ccc(C(C)C)cc1. The van der Waals surface area contributed by atoms with Gasteiger partial charge >= 0.3 is 5.97 Å². The van der Waals surface area contributed by atoms with Gasteiger partial charge in [-0.1, -0.05) is 38.1 Å². The van der Waals surface area contributed by atoms with Crippen LogP contribution in [0, 0.1) is 0 Å². The molecule has 0 fully saturated rings. The van der Waals surface area contributed by atoms with Crippen LogP contribution in [0.5, 0.6) is 0 Å². The van der Waals surface area contributed by atoms with Gasteiger partial charge in [-0.25, -0.2) is 0 Å². The van der Waals surface area contributed by atoms with Crippen LogP contribution in [0.15, 0.2) is 30.3 Å². The van der Waals surface area contributed by atoms with Crippen LogP contribution in [0.4, 0.5) is 0 Å². The fourth-order valence-corrected chi connectivity index (χ4v) is 1.76. The van der Waals surface area contributed by atoms with Crippen LogP contribution in [0.25, 0.3) is 6.08 Å². The minimum absolute atomic E-state index is 0.133. The van der Waals surface area contributed by atoms with Gasteiger partial charge in [0.2, 0.25) is 5.91 Å². The van der Waals surface area contributed by atoms with Crippen molar-refractivity contribution >= 4 is 18.0 Å². The molecule has 0 saturated heterocycles. The van der Waals surface area contributed by atoms with Gasteiger partial charge in [0, 0.05) is 19.7 Å². The topological polar surface area (TPSA) is 46.6 Å². The summed E-state index contributed by atoms with van der Waals surface area (Å²) in [4.78, 5) is 24.4. The summed E-state index contributed by atoms with van der Waals surface area (Å²) in [5.41, 5.74) is 2.25. The molecule has 4 nitrogen and oxygen atoms in total. The lowest BCUT2D eigenvalue weighted by Gasteiger charge is -2.13. The van der Waals surface area contributed by atoms with Gasteiger partial charge in [-0.05, 0) is 23.1 Å². The third-order valence-corrected chi connectivity index (χ3v) is 3.28. The number of hydrogen-bond acceptors (Lipinski definition) is 3. The van der Waals surface area contributed by atoms with Gasteiger partial charge < -0.3 is 9.64 Å². The molecular weight excluding hydrogens is 266 g/mol. The van der Waals surface area contributed by atoms with Crippen LogP contribution >= 0.6 is 0 Å². The number of carbonyl (C=O) groups excluding carboxylic acids is 2. The highest BCUT2D eigenvalue weighted by molar-refractivity contribution is 5.91. The van der Waals surface area contributed by atoms with E-state index in [2.05, 4.69) is 30.7 Å². The van der Waals surface area contributed by atoms with Crippen molar-refractivity contribution < 1.29 is 14.3 Å². The summed E-state index contributed by atoms with van der Waals surface area (Å²) in [5.74, 6) is 0.0452. The lowest BCUT2D eigenvalue weighted by molar-refractivity contribution is -0.141. The second kappa shape index (κ2) is 8.25. The summed E-state index contributed by atoms with van der Waals surface area (Å²) in [5, 5.41) is 0. The Morgan fingerprint density at radius 2 is 1.86 bits per heavy atom. The van der Waals surface area contributed by atoms with Crippen LogP contribution in [0.1, 0.15) is 37.3 Å². The number of benzene rings is 1. The highest BCUT2D eigenvalue weighted by Crippen LogP contribution is 2.15. The molecule has 0 atom stereocenters. The number of carbonyl (C=O) groups is 2. The first-order valence-corrected chi connectivity index (χ1v) is 7.04. The number of amides is 1. The van der Waals surface area contributed by atoms with Gasteiger partial charge in [0.1, 0.15) is 0 Å². The molecule has 1 aromatic rings. The molecular formula is C17H23NO3. The molecule has 0 aromatic heterocycles. The third kappa shape index (κ3) is 5.81. The average molecular weight is 289 g/mol. The fourth-order valence-electron chi connectivity index (χ4n) is 1.76. The van der Waals surface area contributed by atoms with Crippen molar-refractivity contribution in [2.45, 2.75) is 26.2 Å². The molecule has 0 heterocycles. The molecule has 21 heavy (non-hydrogen) atoms. The summed E-state index contributed by atoms with van der Waals surface area (Å²) in [6, 6.07) is 8.12.